The lowest BCUT2D eigenvalue weighted by Crippen LogP contribution is -1.93. The van der Waals surface area contributed by atoms with Gasteiger partial charge in [-0.25, -0.2) is 0 Å². The van der Waals surface area contributed by atoms with Gasteiger partial charge in [0, 0.05) is 30.9 Å². The lowest BCUT2D eigenvalue weighted by molar-refractivity contribution is 0.404. The predicted octanol–water partition coefficient (Wildman–Crippen LogP) is 1.20. The minimum atomic E-state index is 0.273. The van der Waals surface area contributed by atoms with Gasteiger partial charge in [-0.15, -0.1) is 5.10 Å². The van der Waals surface area contributed by atoms with Gasteiger partial charge in [0.25, 0.3) is 0 Å². The Bertz CT molecular complexity index is 495. The summed E-state index contributed by atoms with van der Waals surface area (Å²) in [7, 11) is 3.33. The third-order valence-corrected chi connectivity index (χ3v) is 1.93. The second-order valence-corrected chi connectivity index (χ2v) is 3.24. The highest BCUT2D eigenvalue weighted by atomic mass is 16.5. The lowest BCUT2D eigenvalue weighted by Gasteiger charge is -2.05. The van der Waals surface area contributed by atoms with Crippen LogP contribution in [0.25, 0.3) is 0 Å². The molecule has 2 aromatic rings. The lowest BCUT2D eigenvalue weighted by atomic mass is 10.3. The summed E-state index contributed by atoms with van der Waals surface area (Å²) in [5, 5.41) is 3.99. The Morgan fingerprint density at radius 3 is 2.62 bits per heavy atom. The zero-order valence-electron chi connectivity index (χ0n) is 9.04. The van der Waals surface area contributed by atoms with Crippen LogP contribution in [0.5, 0.6) is 17.5 Å². The Hall–Kier alpha value is -2.24. The molecule has 0 aliphatic rings. The van der Waals surface area contributed by atoms with E-state index in [4.69, 9.17) is 15.2 Å². The minimum absolute atomic E-state index is 0.273. The van der Waals surface area contributed by atoms with Gasteiger partial charge in [0.05, 0.1) is 7.11 Å². The minimum Gasteiger partial charge on any atom is -0.497 e. The molecule has 0 spiro atoms. The number of rotatable bonds is 3. The van der Waals surface area contributed by atoms with E-state index in [1.165, 1.54) is 0 Å². The number of aromatic nitrogens is 3. The number of ether oxygens (including phenoxy) is 2. The average Bonchev–Trinajstić information content (AvgIpc) is 2.63. The van der Waals surface area contributed by atoms with Crippen LogP contribution in [0.4, 0.5) is 5.69 Å². The first kappa shape index (κ1) is 10.3. The molecule has 84 valence electrons. The van der Waals surface area contributed by atoms with Crippen molar-refractivity contribution in [1.29, 1.82) is 0 Å². The average molecular weight is 220 g/mol. The van der Waals surface area contributed by atoms with Gasteiger partial charge in [0.2, 0.25) is 0 Å². The van der Waals surface area contributed by atoms with Crippen molar-refractivity contribution >= 4 is 5.69 Å². The molecule has 6 heteroatoms. The van der Waals surface area contributed by atoms with E-state index in [0.29, 0.717) is 17.2 Å². The molecule has 0 aliphatic heterocycles. The summed E-state index contributed by atoms with van der Waals surface area (Å²) in [5.41, 5.74) is 6.25. The van der Waals surface area contributed by atoms with E-state index in [9.17, 15) is 0 Å². The van der Waals surface area contributed by atoms with Crippen molar-refractivity contribution in [3.8, 4) is 17.5 Å². The maximum absolute atomic E-state index is 5.69. The van der Waals surface area contributed by atoms with E-state index in [-0.39, 0.29) is 6.01 Å². The largest absolute Gasteiger partial charge is 0.497 e. The van der Waals surface area contributed by atoms with E-state index in [1.54, 1.807) is 43.4 Å². The van der Waals surface area contributed by atoms with Gasteiger partial charge in [0.1, 0.15) is 17.8 Å². The number of aryl methyl sites for hydroxylation is 1. The molecule has 0 bridgehead atoms. The van der Waals surface area contributed by atoms with E-state index in [2.05, 4.69) is 10.1 Å². The highest BCUT2D eigenvalue weighted by Crippen LogP contribution is 2.26. The second kappa shape index (κ2) is 4.09. The summed E-state index contributed by atoms with van der Waals surface area (Å²) in [4.78, 5) is 3.94. The predicted molar refractivity (Wildman–Crippen MR) is 58.5 cm³/mol. The summed E-state index contributed by atoms with van der Waals surface area (Å²) in [6.07, 6.45) is 1.55. The number of hydrogen-bond acceptors (Lipinski definition) is 5. The first-order valence-corrected chi connectivity index (χ1v) is 4.65. The van der Waals surface area contributed by atoms with Crippen molar-refractivity contribution in [2.45, 2.75) is 0 Å². The molecule has 16 heavy (non-hydrogen) atoms. The first-order valence-electron chi connectivity index (χ1n) is 4.65. The van der Waals surface area contributed by atoms with E-state index in [1.807, 2.05) is 0 Å². The molecular weight excluding hydrogens is 208 g/mol. The van der Waals surface area contributed by atoms with Crippen LogP contribution in [0.15, 0.2) is 24.5 Å². The number of methoxy groups -OCH3 is 1. The second-order valence-electron chi connectivity index (χ2n) is 3.24. The van der Waals surface area contributed by atoms with Crippen LogP contribution in [0.1, 0.15) is 0 Å². The zero-order chi connectivity index (χ0) is 11.5. The van der Waals surface area contributed by atoms with Gasteiger partial charge >= 0.3 is 6.01 Å². The molecule has 2 N–H and O–H groups in total. The number of anilines is 1. The number of nitrogen functional groups attached to an aromatic ring is 1. The van der Waals surface area contributed by atoms with Gasteiger partial charge in [0.15, 0.2) is 0 Å². The van der Waals surface area contributed by atoms with Crippen LogP contribution in [-0.4, -0.2) is 21.9 Å². The Morgan fingerprint density at radius 2 is 2.00 bits per heavy atom. The van der Waals surface area contributed by atoms with E-state index in [0.717, 1.165) is 0 Å². The van der Waals surface area contributed by atoms with Crippen molar-refractivity contribution in [3.63, 3.8) is 0 Å². The van der Waals surface area contributed by atoms with Crippen molar-refractivity contribution < 1.29 is 9.47 Å². The highest BCUT2D eigenvalue weighted by molar-refractivity contribution is 5.50. The molecule has 0 saturated carbocycles. The third kappa shape index (κ3) is 2.22. The maximum atomic E-state index is 5.69. The maximum Gasteiger partial charge on any atom is 0.340 e. The monoisotopic (exact) mass is 220 g/mol. The molecule has 1 aromatic heterocycles. The molecule has 1 heterocycles. The van der Waals surface area contributed by atoms with Gasteiger partial charge in [-0.05, 0) is 0 Å². The standard InChI is InChI=1S/C10H12N4O2/c1-14-6-12-10(13-14)16-9-4-7(11)3-8(5-9)15-2/h3-6H,11H2,1-2H3. The number of nitrogens with two attached hydrogens (primary N) is 1. The Kier molecular flexibility index (Phi) is 2.63. The Balaban J connectivity index is 2.24. The Morgan fingerprint density at radius 1 is 1.25 bits per heavy atom. The normalized spacial score (nSPS) is 10.1. The fraction of sp³-hybridized carbons (Fsp3) is 0.200. The van der Waals surface area contributed by atoms with Crippen LogP contribution in [0.2, 0.25) is 0 Å². The quantitative estimate of drug-likeness (QED) is 0.786. The molecule has 2 rings (SSSR count). The van der Waals surface area contributed by atoms with Gasteiger partial charge in [-0.1, -0.05) is 0 Å². The molecule has 0 saturated heterocycles. The van der Waals surface area contributed by atoms with Gasteiger partial charge in [-0.3, -0.25) is 4.68 Å². The summed E-state index contributed by atoms with van der Waals surface area (Å²) in [5.74, 6) is 1.17. The van der Waals surface area contributed by atoms with Crippen LogP contribution in [0.3, 0.4) is 0 Å². The van der Waals surface area contributed by atoms with E-state index < -0.39 is 0 Å². The van der Waals surface area contributed by atoms with Gasteiger partial charge < -0.3 is 15.2 Å². The zero-order valence-corrected chi connectivity index (χ0v) is 9.04. The van der Waals surface area contributed by atoms with E-state index >= 15 is 0 Å². The molecule has 0 atom stereocenters. The molecular formula is C10H12N4O2. The van der Waals surface area contributed by atoms with Crippen molar-refractivity contribution in [2.75, 3.05) is 12.8 Å². The van der Waals surface area contributed by atoms with Crippen LogP contribution < -0.4 is 15.2 Å². The topological polar surface area (TPSA) is 75.2 Å². The number of nitrogens with zero attached hydrogens (tertiary/aromatic N) is 3. The molecule has 6 nitrogen and oxygen atoms in total. The molecule has 0 amide bonds. The van der Waals surface area contributed by atoms with Crippen LogP contribution in [-0.2, 0) is 7.05 Å². The smallest absolute Gasteiger partial charge is 0.340 e. The summed E-state index contributed by atoms with van der Waals surface area (Å²) < 4.78 is 12.0. The SMILES string of the molecule is COc1cc(N)cc(Oc2ncn(C)n2)c1. The molecule has 0 radical (unpaired) electrons. The highest BCUT2D eigenvalue weighted by Gasteiger charge is 2.04. The fourth-order valence-corrected chi connectivity index (χ4v) is 1.24. The van der Waals surface area contributed by atoms with Crippen LogP contribution >= 0.6 is 0 Å². The van der Waals surface area contributed by atoms with Crippen molar-refractivity contribution in [3.05, 3.63) is 24.5 Å². The first-order chi connectivity index (χ1) is 7.67. The molecule has 0 aliphatic carbocycles. The summed E-state index contributed by atoms with van der Waals surface area (Å²) >= 11 is 0. The fourth-order valence-electron chi connectivity index (χ4n) is 1.24. The third-order valence-electron chi connectivity index (χ3n) is 1.93. The molecule has 0 fully saturated rings. The summed E-state index contributed by atoms with van der Waals surface area (Å²) in [6.45, 7) is 0. The Labute approximate surface area is 92.6 Å². The van der Waals surface area contributed by atoms with Gasteiger partial charge in [-0.2, -0.15) is 4.98 Å². The molecule has 0 unspecified atom stereocenters. The number of benzene rings is 1. The summed E-state index contributed by atoms with van der Waals surface area (Å²) in [6, 6.07) is 5.37. The van der Waals surface area contributed by atoms with Crippen molar-refractivity contribution in [2.24, 2.45) is 7.05 Å². The number of hydrogen-bond donors (Lipinski definition) is 1. The molecule has 1 aromatic carbocycles. The van der Waals surface area contributed by atoms with Crippen molar-refractivity contribution in [1.82, 2.24) is 14.8 Å². The van der Waals surface area contributed by atoms with Crippen LogP contribution in [0, 0.1) is 0 Å².